The Morgan fingerprint density at radius 1 is 0.700 bits per heavy atom. The van der Waals surface area contributed by atoms with Crippen molar-refractivity contribution in [2.75, 3.05) is 0 Å². The van der Waals surface area contributed by atoms with Gasteiger partial charge in [-0.05, 0) is 71.3 Å². The topological polar surface area (TPSA) is 12.0 Å². The minimum Gasteiger partial charge on any atom is -0.374 e. The van der Waals surface area contributed by atoms with E-state index in [0.29, 0.717) is 0 Å². The molecule has 0 fully saturated rings. The van der Waals surface area contributed by atoms with E-state index < -0.39 is 0 Å². The molecule has 2 aromatic rings. The van der Waals surface area contributed by atoms with Gasteiger partial charge in [0.1, 0.15) is 0 Å². The van der Waals surface area contributed by atoms with Gasteiger partial charge in [0.2, 0.25) is 0 Å². The summed E-state index contributed by atoms with van der Waals surface area (Å²) in [6.45, 7) is 0. The van der Waals surface area contributed by atoms with Crippen LogP contribution in [0.3, 0.4) is 0 Å². The third-order valence-electron chi connectivity index (χ3n) is 6.14. The van der Waals surface area contributed by atoms with Gasteiger partial charge in [0.15, 0.2) is 0 Å². The number of allylic oxidation sites excluding steroid dienone is 10. The molecular formula is C29H27N. The lowest BCUT2D eigenvalue weighted by atomic mass is 9.86. The van der Waals surface area contributed by atoms with E-state index in [2.05, 4.69) is 109 Å². The van der Waals surface area contributed by atoms with E-state index >= 15 is 0 Å². The highest BCUT2D eigenvalue weighted by Gasteiger charge is 2.21. The van der Waals surface area contributed by atoms with E-state index in [-0.39, 0.29) is 6.04 Å². The molecule has 5 rings (SSSR count). The second-order valence-electron chi connectivity index (χ2n) is 8.12. The molecule has 2 aromatic carbocycles. The average Bonchev–Trinajstić information content (AvgIpc) is 2.85. The van der Waals surface area contributed by atoms with Crippen molar-refractivity contribution < 1.29 is 0 Å². The fourth-order valence-electron chi connectivity index (χ4n) is 4.47. The molecule has 148 valence electrons. The quantitative estimate of drug-likeness (QED) is 0.582. The molecule has 0 saturated carbocycles. The molecule has 0 saturated heterocycles. The molecule has 0 radical (unpaired) electrons. The van der Waals surface area contributed by atoms with Crippen LogP contribution in [0.1, 0.15) is 42.9 Å². The largest absolute Gasteiger partial charge is 0.374 e. The Balaban J connectivity index is 1.48. The van der Waals surface area contributed by atoms with Crippen molar-refractivity contribution in [3.63, 3.8) is 0 Å². The lowest BCUT2D eigenvalue weighted by Gasteiger charge is -2.28. The van der Waals surface area contributed by atoms with E-state index in [1.54, 1.807) is 0 Å². The molecule has 1 heterocycles. The molecule has 0 spiro atoms. The maximum atomic E-state index is 3.79. The van der Waals surface area contributed by atoms with Crippen molar-refractivity contribution in [1.29, 1.82) is 0 Å². The zero-order valence-corrected chi connectivity index (χ0v) is 17.2. The number of dihydropyridines is 1. The first-order chi connectivity index (χ1) is 14.9. The number of hydrogen-bond acceptors (Lipinski definition) is 1. The van der Waals surface area contributed by atoms with Crippen molar-refractivity contribution >= 4 is 5.57 Å². The summed E-state index contributed by atoms with van der Waals surface area (Å²) in [5.74, 6) is 0. The Kier molecular flexibility index (Phi) is 5.35. The normalized spacial score (nSPS) is 20.9. The Morgan fingerprint density at radius 3 is 2.10 bits per heavy atom. The number of nitrogens with one attached hydrogen (secondary N) is 1. The van der Waals surface area contributed by atoms with Crippen LogP contribution in [0.2, 0.25) is 0 Å². The summed E-state index contributed by atoms with van der Waals surface area (Å²) >= 11 is 0. The summed E-state index contributed by atoms with van der Waals surface area (Å²) in [4.78, 5) is 0. The van der Waals surface area contributed by atoms with Crippen LogP contribution in [0.5, 0.6) is 0 Å². The Hall–Kier alpha value is -3.32. The Morgan fingerprint density at radius 2 is 1.40 bits per heavy atom. The third kappa shape index (κ3) is 4.02. The zero-order chi connectivity index (χ0) is 20.2. The van der Waals surface area contributed by atoms with Crippen LogP contribution < -0.4 is 5.32 Å². The van der Waals surface area contributed by atoms with Gasteiger partial charge in [0.25, 0.3) is 0 Å². The van der Waals surface area contributed by atoms with Gasteiger partial charge >= 0.3 is 0 Å². The molecule has 1 aliphatic heterocycles. The predicted octanol–water partition coefficient (Wildman–Crippen LogP) is 7.22. The lowest BCUT2D eigenvalue weighted by molar-refractivity contribution is 0.700. The first-order valence-electron chi connectivity index (χ1n) is 10.9. The zero-order valence-electron chi connectivity index (χ0n) is 17.2. The highest BCUT2D eigenvalue weighted by molar-refractivity contribution is 5.77. The van der Waals surface area contributed by atoms with Gasteiger partial charge in [-0.25, -0.2) is 0 Å². The van der Waals surface area contributed by atoms with Crippen molar-refractivity contribution in [3.8, 4) is 0 Å². The molecule has 3 aliphatic rings. The van der Waals surface area contributed by atoms with Crippen molar-refractivity contribution in [2.24, 2.45) is 0 Å². The molecule has 1 N–H and O–H groups in total. The Labute approximate surface area is 179 Å². The minimum absolute atomic E-state index is 0.180. The summed E-state index contributed by atoms with van der Waals surface area (Å²) in [6.07, 6.45) is 20.6. The smallest absolute Gasteiger partial charge is 0.0707 e. The average molecular weight is 390 g/mol. The molecule has 1 heteroatoms. The summed E-state index contributed by atoms with van der Waals surface area (Å²) in [5, 5.41) is 3.79. The number of rotatable bonds is 4. The first-order valence-corrected chi connectivity index (χ1v) is 10.9. The summed E-state index contributed by atoms with van der Waals surface area (Å²) in [6, 6.07) is 21.6. The van der Waals surface area contributed by atoms with Gasteiger partial charge in [-0.2, -0.15) is 0 Å². The van der Waals surface area contributed by atoms with Crippen LogP contribution in [0, 0.1) is 0 Å². The lowest BCUT2D eigenvalue weighted by Crippen LogP contribution is -2.24. The number of hydrogen-bond donors (Lipinski definition) is 1. The Bertz CT molecular complexity index is 1090. The third-order valence-corrected chi connectivity index (χ3v) is 6.14. The summed E-state index contributed by atoms with van der Waals surface area (Å²) in [5.41, 5.74) is 9.50. The van der Waals surface area contributed by atoms with Gasteiger partial charge < -0.3 is 5.32 Å². The summed E-state index contributed by atoms with van der Waals surface area (Å²) < 4.78 is 0. The van der Waals surface area contributed by atoms with E-state index in [9.17, 15) is 0 Å². The van der Waals surface area contributed by atoms with Crippen LogP contribution in [0.4, 0.5) is 0 Å². The predicted molar refractivity (Wildman–Crippen MR) is 127 cm³/mol. The van der Waals surface area contributed by atoms with Crippen molar-refractivity contribution in [2.45, 2.75) is 31.7 Å². The molecule has 0 amide bonds. The molecule has 0 aromatic heterocycles. The summed E-state index contributed by atoms with van der Waals surface area (Å²) in [7, 11) is 0. The van der Waals surface area contributed by atoms with Crippen LogP contribution in [-0.4, -0.2) is 0 Å². The molecular weight excluding hydrogens is 362 g/mol. The monoisotopic (exact) mass is 389 g/mol. The second-order valence-corrected chi connectivity index (χ2v) is 8.12. The molecule has 1 nitrogen and oxygen atoms in total. The van der Waals surface area contributed by atoms with Gasteiger partial charge in [0.05, 0.1) is 6.04 Å². The fraction of sp³-hybridized carbons (Fsp3) is 0.172. The van der Waals surface area contributed by atoms with Gasteiger partial charge in [0, 0.05) is 5.70 Å². The van der Waals surface area contributed by atoms with E-state index in [1.807, 2.05) is 0 Å². The molecule has 30 heavy (non-hydrogen) atoms. The number of benzene rings is 2. The molecule has 1 atom stereocenters. The van der Waals surface area contributed by atoms with Crippen molar-refractivity contribution in [3.05, 3.63) is 137 Å². The van der Waals surface area contributed by atoms with Gasteiger partial charge in [-0.1, -0.05) is 91.0 Å². The first kappa shape index (κ1) is 18.7. The van der Waals surface area contributed by atoms with E-state index in [4.69, 9.17) is 0 Å². The highest BCUT2D eigenvalue weighted by atomic mass is 14.9. The highest BCUT2D eigenvalue weighted by Crippen LogP contribution is 2.35. The van der Waals surface area contributed by atoms with Gasteiger partial charge in [-0.3, -0.25) is 0 Å². The van der Waals surface area contributed by atoms with Crippen LogP contribution in [0.15, 0.2) is 126 Å². The van der Waals surface area contributed by atoms with E-state index in [1.165, 1.54) is 45.5 Å². The second kappa shape index (κ2) is 8.59. The molecule has 2 aliphatic carbocycles. The van der Waals surface area contributed by atoms with Crippen LogP contribution in [0.25, 0.3) is 5.57 Å². The maximum Gasteiger partial charge on any atom is 0.0707 e. The molecule has 0 bridgehead atoms. The van der Waals surface area contributed by atoms with Crippen LogP contribution >= 0.6 is 0 Å². The fourth-order valence-corrected chi connectivity index (χ4v) is 4.47. The SMILES string of the molecule is C1=CCCC(C2=CC=C(C3=CC(c4ccccc4)=CC(c4ccccc4)N3)CC2)=C1. The standard InChI is InChI=1S/C29H27N/c1-4-10-22(11-5-1)24-16-18-26(19-17-24)29-21-27(23-12-6-2-7-13-23)20-28(30-29)25-14-8-3-9-15-25/h1-4,6-10,12-16,18,20-21,28,30H,5,11,17,19H2. The maximum absolute atomic E-state index is 3.79. The molecule has 1 unspecified atom stereocenters. The van der Waals surface area contributed by atoms with Crippen molar-refractivity contribution in [1.82, 2.24) is 5.32 Å². The van der Waals surface area contributed by atoms with Crippen LogP contribution in [-0.2, 0) is 0 Å². The van der Waals surface area contributed by atoms with E-state index in [0.717, 1.165) is 19.3 Å². The van der Waals surface area contributed by atoms with Gasteiger partial charge in [-0.15, -0.1) is 0 Å². The minimum atomic E-state index is 0.180.